The van der Waals surface area contributed by atoms with E-state index in [0.717, 1.165) is 70.9 Å². The number of amides is 1. The second kappa shape index (κ2) is 8.34. The van der Waals surface area contributed by atoms with Gasteiger partial charge in [0, 0.05) is 41.3 Å². The van der Waals surface area contributed by atoms with Crippen molar-refractivity contribution in [1.82, 2.24) is 15.3 Å². The number of hydrogen-bond acceptors (Lipinski definition) is 6. The second-order valence-electron chi connectivity index (χ2n) is 9.62. The second-order valence-corrected chi connectivity index (χ2v) is 11.9. The van der Waals surface area contributed by atoms with Gasteiger partial charge in [-0.1, -0.05) is 11.3 Å². The highest BCUT2D eigenvalue weighted by atomic mass is 32.1. The van der Waals surface area contributed by atoms with E-state index in [1.54, 1.807) is 22.7 Å². The van der Waals surface area contributed by atoms with Gasteiger partial charge in [0.05, 0.1) is 10.6 Å². The minimum Gasteiger partial charge on any atom is -0.352 e. The van der Waals surface area contributed by atoms with Crippen LogP contribution in [0, 0.1) is 17.8 Å². The number of nitrogens with one attached hydrogen (secondary N) is 1. The quantitative estimate of drug-likeness (QED) is 0.521. The van der Waals surface area contributed by atoms with Crippen LogP contribution in [0.15, 0.2) is 18.3 Å². The number of thiazole rings is 1. The Bertz CT molecular complexity index is 1160. The standard InChI is InChI=1S/C25H27N3O2S2/c29-19(16-6-7-16)12-21-23(24(30)27-13-14-3-4-14)17-10-15(5-8-20(17)31-21)11-22-28-18-2-1-9-26-25(18)32-22/h1-2,9,14-16H,3-8,10-13H2,(H,27,30)/t15-/m0/s1. The van der Waals surface area contributed by atoms with Crippen LogP contribution in [-0.2, 0) is 30.5 Å². The van der Waals surface area contributed by atoms with Gasteiger partial charge in [-0.05, 0) is 74.5 Å². The van der Waals surface area contributed by atoms with Crippen molar-refractivity contribution in [2.75, 3.05) is 6.54 Å². The van der Waals surface area contributed by atoms with Crippen LogP contribution >= 0.6 is 22.7 Å². The van der Waals surface area contributed by atoms with E-state index in [4.69, 9.17) is 4.98 Å². The molecule has 7 heteroatoms. The van der Waals surface area contributed by atoms with Gasteiger partial charge >= 0.3 is 0 Å². The fraction of sp³-hybridized carbons (Fsp3) is 0.520. The highest BCUT2D eigenvalue weighted by molar-refractivity contribution is 7.18. The van der Waals surface area contributed by atoms with Crippen molar-refractivity contribution in [1.29, 1.82) is 0 Å². The predicted octanol–water partition coefficient (Wildman–Crippen LogP) is 4.76. The summed E-state index contributed by atoms with van der Waals surface area (Å²) in [6.07, 6.45) is 10.7. The van der Waals surface area contributed by atoms with E-state index in [1.165, 1.54) is 23.3 Å². The van der Waals surface area contributed by atoms with Crippen molar-refractivity contribution in [2.24, 2.45) is 17.8 Å². The Labute approximate surface area is 195 Å². The molecular formula is C25H27N3O2S2. The smallest absolute Gasteiger partial charge is 0.252 e. The summed E-state index contributed by atoms with van der Waals surface area (Å²) in [5.74, 6) is 1.71. The molecule has 3 aromatic rings. The first-order chi connectivity index (χ1) is 15.6. The van der Waals surface area contributed by atoms with Gasteiger partial charge < -0.3 is 5.32 Å². The van der Waals surface area contributed by atoms with Gasteiger partial charge in [0.1, 0.15) is 16.1 Å². The van der Waals surface area contributed by atoms with Crippen molar-refractivity contribution in [3.05, 3.63) is 44.2 Å². The third kappa shape index (κ3) is 4.25. The van der Waals surface area contributed by atoms with Crippen LogP contribution in [0.2, 0.25) is 0 Å². The number of fused-ring (bicyclic) bond motifs is 2. The minimum atomic E-state index is 0.0397. The first-order valence-electron chi connectivity index (χ1n) is 11.8. The largest absolute Gasteiger partial charge is 0.352 e. The first kappa shape index (κ1) is 20.5. The van der Waals surface area contributed by atoms with Crippen molar-refractivity contribution >= 4 is 44.7 Å². The van der Waals surface area contributed by atoms with Gasteiger partial charge in [-0.2, -0.15) is 0 Å². The molecule has 0 bridgehead atoms. The maximum absolute atomic E-state index is 13.2. The minimum absolute atomic E-state index is 0.0397. The molecule has 1 amide bonds. The van der Waals surface area contributed by atoms with Crippen LogP contribution in [0.5, 0.6) is 0 Å². The predicted molar refractivity (Wildman–Crippen MR) is 127 cm³/mol. The summed E-state index contributed by atoms with van der Waals surface area (Å²) in [4.78, 5) is 38.4. The van der Waals surface area contributed by atoms with E-state index in [-0.39, 0.29) is 11.8 Å². The molecule has 2 saturated carbocycles. The molecule has 0 unspecified atom stereocenters. The van der Waals surface area contributed by atoms with Crippen molar-refractivity contribution in [3.63, 3.8) is 0 Å². The molecule has 3 aliphatic carbocycles. The number of aromatic nitrogens is 2. The van der Waals surface area contributed by atoms with E-state index >= 15 is 0 Å². The highest BCUT2D eigenvalue weighted by Crippen LogP contribution is 2.40. The zero-order valence-corrected chi connectivity index (χ0v) is 19.7. The molecule has 3 aromatic heterocycles. The third-order valence-electron chi connectivity index (χ3n) is 6.95. The zero-order valence-electron chi connectivity index (χ0n) is 18.1. The fourth-order valence-electron chi connectivity index (χ4n) is 4.78. The Morgan fingerprint density at radius 2 is 1.97 bits per heavy atom. The number of Topliss-reactive ketones (excluding diaryl/α,β-unsaturated/α-hetero) is 1. The lowest BCUT2D eigenvalue weighted by molar-refractivity contribution is -0.119. The van der Waals surface area contributed by atoms with Gasteiger partial charge in [-0.25, -0.2) is 9.97 Å². The number of hydrogen-bond donors (Lipinski definition) is 1. The summed E-state index contributed by atoms with van der Waals surface area (Å²) in [7, 11) is 0. The van der Waals surface area contributed by atoms with Crippen LogP contribution in [0.25, 0.3) is 10.3 Å². The average Bonchev–Trinajstić information content (AvgIpc) is 3.71. The number of nitrogens with zero attached hydrogens (tertiary/aromatic N) is 2. The number of pyridine rings is 1. The lowest BCUT2D eigenvalue weighted by Gasteiger charge is -2.22. The number of thiophene rings is 1. The van der Waals surface area contributed by atoms with Crippen LogP contribution in [0.1, 0.15) is 62.8 Å². The number of ketones is 1. The number of carbonyl (C=O) groups is 2. The molecule has 3 heterocycles. The molecule has 0 aliphatic heterocycles. The molecule has 166 valence electrons. The lowest BCUT2D eigenvalue weighted by atomic mass is 9.84. The maximum Gasteiger partial charge on any atom is 0.252 e. The van der Waals surface area contributed by atoms with Crippen molar-refractivity contribution in [3.8, 4) is 0 Å². The van der Waals surface area contributed by atoms with Gasteiger partial charge in [-0.3, -0.25) is 9.59 Å². The monoisotopic (exact) mass is 465 g/mol. The summed E-state index contributed by atoms with van der Waals surface area (Å²) in [6, 6.07) is 3.95. The highest BCUT2D eigenvalue weighted by Gasteiger charge is 2.34. The first-order valence-corrected chi connectivity index (χ1v) is 13.4. The molecular weight excluding hydrogens is 438 g/mol. The average molecular weight is 466 g/mol. The normalized spacial score (nSPS) is 20.3. The summed E-state index contributed by atoms with van der Waals surface area (Å²) in [5, 5.41) is 4.31. The fourth-order valence-corrected chi connectivity index (χ4v) is 7.16. The van der Waals surface area contributed by atoms with E-state index in [0.29, 0.717) is 24.0 Å². The zero-order chi connectivity index (χ0) is 21.7. The third-order valence-corrected chi connectivity index (χ3v) is 9.25. The summed E-state index contributed by atoms with van der Waals surface area (Å²) in [6.45, 7) is 0.765. The summed E-state index contributed by atoms with van der Waals surface area (Å²) < 4.78 is 0. The molecule has 3 aliphatic rings. The van der Waals surface area contributed by atoms with Gasteiger partial charge in [0.2, 0.25) is 0 Å². The number of carbonyl (C=O) groups excluding carboxylic acids is 2. The Morgan fingerprint density at radius 3 is 2.75 bits per heavy atom. The Kier molecular flexibility index (Phi) is 5.34. The van der Waals surface area contributed by atoms with Gasteiger partial charge in [0.25, 0.3) is 5.91 Å². The topological polar surface area (TPSA) is 72.0 Å². The Morgan fingerprint density at radius 1 is 1.09 bits per heavy atom. The van der Waals surface area contributed by atoms with Crippen LogP contribution in [0.3, 0.4) is 0 Å². The molecule has 5 nitrogen and oxygen atoms in total. The van der Waals surface area contributed by atoms with Crippen LogP contribution in [0.4, 0.5) is 0 Å². The van der Waals surface area contributed by atoms with E-state index in [9.17, 15) is 9.59 Å². The Balaban J connectivity index is 1.24. The lowest BCUT2D eigenvalue weighted by Crippen LogP contribution is -2.28. The molecule has 32 heavy (non-hydrogen) atoms. The summed E-state index contributed by atoms with van der Waals surface area (Å²) in [5.41, 5.74) is 3.01. The van der Waals surface area contributed by atoms with Crippen LogP contribution in [-0.4, -0.2) is 28.2 Å². The molecule has 1 N–H and O–H groups in total. The van der Waals surface area contributed by atoms with Crippen molar-refractivity contribution < 1.29 is 9.59 Å². The van der Waals surface area contributed by atoms with Gasteiger partial charge in [-0.15, -0.1) is 11.3 Å². The molecule has 0 radical (unpaired) electrons. The molecule has 0 saturated heterocycles. The SMILES string of the molecule is O=C(NCC1CC1)c1c(CC(=O)C2CC2)sc2c1C[C@@H](Cc1nc3cccnc3s1)CC2. The summed E-state index contributed by atoms with van der Waals surface area (Å²) >= 11 is 3.40. The van der Waals surface area contributed by atoms with Crippen molar-refractivity contribution in [2.45, 2.75) is 57.8 Å². The van der Waals surface area contributed by atoms with E-state index in [1.807, 2.05) is 18.3 Å². The molecule has 0 aromatic carbocycles. The number of aryl methyl sites for hydroxylation is 1. The number of rotatable bonds is 8. The maximum atomic E-state index is 13.2. The molecule has 1 atom stereocenters. The molecule has 6 rings (SSSR count). The van der Waals surface area contributed by atoms with Gasteiger partial charge in [0.15, 0.2) is 0 Å². The molecule has 0 spiro atoms. The Hall–Kier alpha value is -2.12. The molecule has 2 fully saturated rings. The van der Waals surface area contributed by atoms with E-state index < -0.39 is 0 Å². The van der Waals surface area contributed by atoms with Crippen LogP contribution < -0.4 is 5.32 Å². The van der Waals surface area contributed by atoms with E-state index in [2.05, 4.69) is 10.3 Å².